The Morgan fingerprint density at radius 1 is 0.382 bits per heavy atom. The second-order valence-electron chi connectivity index (χ2n) is 23.9. The maximum atomic E-state index is 8.54. The van der Waals surface area contributed by atoms with Crippen LogP contribution in [0.1, 0.15) is 26.3 Å². The molecule has 0 unspecified atom stereocenters. The highest BCUT2D eigenvalue weighted by Crippen LogP contribution is 2.52. The molecule has 0 spiro atoms. The SMILES string of the molecule is [C-]#[N+]c1cc(Oc2ccc3c4cc(-c5ccccc5)ccc4n(-c4cc(C(C)(C)C)ccn4)c3c2)cc(N2CN(c3c(-c4cc(-c5ccccc5)cc(-c5ccccc5)c4)cccc3-c3cc(-c4ccccc4)cc(-c4ccccc4)c3)c3ccccc32)c1. The number of fused-ring (bicyclic) bond motifs is 4. The van der Waals surface area contributed by atoms with E-state index in [1.165, 1.54) is 5.56 Å². The molecule has 6 heteroatoms. The molecule has 12 aromatic carbocycles. The average molecular weight is 1140 g/mol. The highest BCUT2D eigenvalue weighted by molar-refractivity contribution is 6.11. The summed E-state index contributed by atoms with van der Waals surface area (Å²) in [5, 5.41) is 2.21. The van der Waals surface area contributed by atoms with Crippen LogP contribution >= 0.6 is 0 Å². The van der Waals surface area contributed by atoms with Crippen molar-refractivity contribution in [3.05, 3.63) is 320 Å². The van der Waals surface area contributed by atoms with Crippen molar-refractivity contribution < 1.29 is 4.74 Å². The molecule has 1 aliphatic heterocycles. The summed E-state index contributed by atoms with van der Waals surface area (Å²) in [5.41, 5.74) is 23.3. The third-order valence-corrected chi connectivity index (χ3v) is 17.2. The molecule has 6 nitrogen and oxygen atoms in total. The van der Waals surface area contributed by atoms with E-state index in [-0.39, 0.29) is 5.41 Å². The van der Waals surface area contributed by atoms with Gasteiger partial charge in [-0.15, -0.1) is 0 Å². The fourth-order valence-corrected chi connectivity index (χ4v) is 12.8. The number of pyridine rings is 1. The molecule has 0 amide bonds. The van der Waals surface area contributed by atoms with E-state index in [9.17, 15) is 0 Å². The number of para-hydroxylation sites is 3. The molecular weight excluding hydrogens is 1080 g/mol. The van der Waals surface area contributed by atoms with Gasteiger partial charge in [0.05, 0.1) is 34.7 Å². The van der Waals surface area contributed by atoms with Crippen molar-refractivity contribution >= 4 is 50.2 Å². The normalized spacial score (nSPS) is 12.1. The lowest BCUT2D eigenvalue weighted by molar-refractivity contribution is 0.483. The highest BCUT2D eigenvalue weighted by Gasteiger charge is 2.32. The number of aromatic nitrogens is 2. The zero-order valence-corrected chi connectivity index (χ0v) is 49.7. The zero-order chi connectivity index (χ0) is 60.0. The maximum absolute atomic E-state index is 8.54. The lowest BCUT2D eigenvalue weighted by Crippen LogP contribution is -2.25. The minimum atomic E-state index is -0.0858. The van der Waals surface area contributed by atoms with Gasteiger partial charge in [-0.05, 0) is 175 Å². The lowest BCUT2D eigenvalue weighted by Gasteiger charge is -2.28. The number of hydrogen-bond acceptors (Lipinski definition) is 4. The van der Waals surface area contributed by atoms with Crippen LogP contribution in [-0.4, -0.2) is 16.2 Å². The van der Waals surface area contributed by atoms with Crippen LogP contribution in [0.5, 0.6) is 11.5 Å². The van der Waals surface area contributed by atoms with E-state index in [0.29, 0.717) is 23.9 Å². The molecule has 0 saturated carbocycles. The van der Waals surface area contributed by atoms with Crippen LogP contribution in [-0.2, 0) is 5.41 Å². The topological polar surface area (TPSA) is 37.9 Å². The van der Waals surface area contributed by atoms with Gasteiger partial charge in [0.15, 0.2) is 5.69 Å². The summed E-state index contributed by atoms with van der Waals surface area (Å²) in [6.07, 6.45) is 1.91. The van der Waals surface area contributed by atoms with E-state index in [1.807, 2.05) is 24.4 Å². The molecule has 0 N–H and O–H groups in total. The molecule has 0 fully saturated rings. The van der Waals surface area contributed by atoms with E-state index >= 15 is 0 Å². The van der Waals surface area contributed by atoms with Crippen LogP contribution in [0.15, 0.2) is 303 Å². The Labute approximate surface area is 519 Å². The Morgan fingerprint density at radius 3 is 1.39 bits per heavy atom. The highest BCUT2D eigenvalue weighted by atomic mass is 16.5. The quantitative estimate of drug-likeness (QED) is 0.114. The van der Waals surface area contributed by atoms with Crippen LogP contribution in [0.25, 0.3) is 110 Å². The molecule has 0 bridgehead atoms. The number of rotatable bonds is 12. The Bertz CT molecular complexity index is 4750. The van der Waals surface area contributed by atoms with Crippen molar-refractivity contribution in [3.8, 4) is 95.2 Å². The van der Waals surface area contributed by atoms with E-state index in [1.54, 1.807) is 0 Å². The molecule has 3 heterocycles. The van der Waals surface area contributed by atoms with E-state index in [2.05, 4.69) is 319 Å². The average Bonchev–Trinajstić information content (AvgIpc) is 1.77. The fourth-order valence-electron chi connectivity index (χ4n) is 12.8. The number of ether oxygens (including phenoxy) is 1. The van der Waals surface area contributed by atoms with Crippen LogP contribution in [0.2, 0.25) is 0 Å². The molecule has 89 heavy (non-hydrogen) atoms. The third-order valence-electron chi connectivity index (χ3n) is 17.2. The fraction of sp³-hybridized carbons (Fsp3) is 0.0602. The van der Waals surface area contributed by atoms with Gasteiger partial charge in [-0.25, -0.2) is 9.83 Å². The van der Waals surface area contributed by atoms with Crippen molar-refractivity contribution in [1.82, 2.24) is 9.55 Å². The zero-order valence-electron chi connectivity index (χ0n) is 49.7. The third kappa shape index (κ3) is 10.5. The maximum Gasteiger partial charge on any atom is 0.192 e. The van der Waals surface area contributed by atoms with Gasteiger partial charge in [-0.2, -0.15) is 0 Å². The molecule has 15 rings (SSSR count). The van der Waals surface area contributed by atoms with Crippen molar-refractivity contribution in [3.63, 3.8) is 0 Å². The minimum Gasteiger partial charge on any atom is -0.459 e. The van der Waals surface area contributed by atoms with Gasteiger partial charge in [-0.1, -0.05) is 209 Å². The van der Waals surface area contributed by atoms with Gasteiger partial charge in [0.2, 0.25) is 0 Å². The standard InChI is InChI=1S/C83H61N5O/c1-83(2,3)68-41-42-85-81(50-68)88-77-40-37-61(56-23-10-5-11-24-56)49-76(77)75-39-38-71(54-80(75)88)89-72-52-69(84-4)51-70(53-72)86-55-87(79-36-21-20-35-78(79)86)82-73(66-45-62(57-25-12-6-13-26-57)43-63(46-66)58-27-14-7-15-28-58)33-22-34-74(82)67-47-64(59-29-16-8-17-30-59)44-65(48-67)60-31-18-9-19-32-60/h5-54H,55H2,1-3H3. The molecule has 0 aliphatic carbocycles. The molecule has 2 aromatic heterocycles. The Kier molecular flexibility index (Phi) is 13.8. The first-order valence-electron chi connectivity index (χ1n) is 30.3. The number of anilines is 4. The first-order chi connectivity index (χ1) is 43.7. The van der Waals surface area contributed by atoms with Gasteiger partial charge in [0.1, 0.15) is 24.0 Å². The molecule has 0 atom stereocenters. The molecule has 0 radical (unpaired) electrons. The summed E-state index contributed by atoms with van der Waals surface area (Å²) in [6.45, 7) is 15.7. The van der Waals surface area contributed by atoms with Gasteiger partial charge in [0, 0.05) is 45.9 Å². The molecule has 0 saturated heterocycles. The van der Waals surface area contributed by atoms with Gasteiger partial charge >= 0.3 is 0 Å². The second-order valence-corrected chi connectivity index (χ2v) is 23.9. The van der Waals surface area contributed by atoms with Crippen LogP contribution in [0.4, 0.5) is 28.4 Å². The van der Waals surface area contributed by atoms with Crippen molar-refractivity contribution in [2.24, 2.45) is 0 Å². The lowest BCUT2D eigenvalue weighted by atomic mass is 9.88. The van der Waals surface area contributed by atoms with Crippen molar-refractivity contribution in [1.29, 1.82) is 0 Å². The number of hydrogen-bond donors (Lipinski definition) is 0. The molecule has 1 aliphatic rings. The van der Waals surface area contributed by atoms with Gasteiger partial charge < -0.3 is 14.5 Å². The predicted molar refractivity (Wildman–Crippen MR) is 370 cm³/mol. The van der Waals surface area contributed by atoms with Crippen molar-refractivity contribution in [2.45, 2.75) is 26.2 Å². The Balaban J connectivity index is 0.882. The first-order valence-corrected chi connectivity index (χ1v) is 30.3. The first kappa shape index (κ1) is 54.2. The Hall–Kier alpha value is -11.5. The summed E-state index contributed by atoms with van der Waals surface area (Å²) < 4.78 is 9.27. The summed E-state index contributed by atoms with van der Waals surface area (Å²) in [6, 6.07) is 106. The second kappa shape index (κ2) is 22.7. The molecule has 14 aromatic rings. The molecule has 424 valence electrons. The summed E-state index contributed by atoms with van der Waals surface area (Å²) in [7, 11) is 0. The monoisotopic (exact) mass is 1140 g/mol. The summed E-state index contributed by atoms with van der Waals surface area (Å²) in [5.74, 6) is 2.04. The number of nitrogens with zero attached hydrogens (tertiary/aromatic N) is 5. The summed E-state index contributed by atoms with van der Waals surface area (Å²) >= 11 is 0. The van der Waals surface area contributed by atoms with Gasteiger partial charge in [0.25, 0.3) is 0 Å². The van der Waals surface area contributed by atoms with Crippen LogP contribution in [0.3, 0.4) is 0 Å². The van der Waals surface area contributed by atoms with Crippen LogP contribution in [0, 0.1) is 6.57 Å². The summed E-state index contributed by atoms with van der Waals surface area (Å²) in [4.78, 5) is 13.9. The smallest absolute Gasteiger partial charge is 0.192 e. The van der Waals surface area contributed by atoms with E-state index in [0.717, 1.165) is 128 Å². The minimum absolute atomic E-state index is 0.0858. The molecular formula is C83H61N5O. The van der Waals surface area contributed by atoms with Gasteiger partial charge in [-0.3, -0.25) is 4.57 Å². The van der Waals surface area contributed by atoms with Crippen LogP contribution < -0.4 is 14.5 Å². The Morgan fingerprint density at radius 2 is 0.876 bits per heavy atom. The van der Waals surface area contributed by atoms with E-state index in [4.69, 9.17) is 16.3 Å². The largest absolute Gasteiger partial charge is 0.459 e. The predicted octanol–water partition coefficient (Wildman–Crippen LogP) is 22.7. The number of benzene rings is 12. The van der Waals surface area contributed by atoms with Crippen molar-refractivity contribution in [2.75, 3.05) is 16.5 Å². The van der Waals surface area contributed by atoms with E-state index < -0.39 is 0 Å².